The topological polar surface area (TPSA) is 21.3 Å². The highest BCUT2D eigenvalue weighted by Crippen LogP contribution is 2.25. The van der Waals surface area contributed by atoms with Gasteiger partial charge in [0.2, 0.25) is 0 Å². The molecule has 0 bridgehead atoms. The minimum absolute atomic E-state index is 0.183. The number of morpholine rings is 1. The van der Waals surface area contributed by atoms with E-state index in [1.54, 1.807) is 0 Å². The summed E-state index contributed by atoms with van der Waals surface area (Å²) in [5, 5.41) is 3.54. The summed E-state index contributed by atoms with van der Waals surface area (Å²) in [6.07, 6.45) is 1.31. The van der Waals surface area contributed by atoms with Crippen molar-refractivity contribution in [3.8, 4) is 11.1 Å². The second-order valence-electron chi connectivity index (χ2n) is 5.32. The molecule has 2 nitrogen and oxygen atoms in total. The van der Waals surface area contributed by atoms with Crippen LogP contribution in [0.5, 0.6) is 0 Å². The van der Waals surface area contributed by atoms with Crippen molar-refractivity contribution in [1.82, 2.24) is 5.32 Å². The van der Waals surface area contributed by atoms with Gasteiger partial charge in [0.15, 0.2) is 0 Å². The van der Waals surface area contributed by atoms with Gasteiger partial charge in [0.1, 0.15) is 0 Å². The van der Waals surface area contributed by atoms with Crippen LogP contribution in [0, 0.1) is 0 Å². The van der Waals surface area contributed by atoms with Crippen LogP contribution in [0.4, 0.5) is 0 Å². The second-order valence-corrected chi connectivity index (χ2v) is 5.32. The first-order chi connectivity index (χ1) is 9.86. The molecule has 0 spiro atoms. The first-order valence-corrected chi connectivity index (χ1v) is 7.37. The van der Waals surface area contributed by atoms with Gasteiger partial charge in [-0.3, -0.25) is 0 Å². The summed E-state index contributed by atoms with van der Waals surface area (Å²) in [5.74, 6) is 0. The van der Waals surface area contributed by atoms with E-state index in [1.807, 2.05) is 6.07 Å². The van der Waals surface area contributed by atoms with Crippen molar-refractivity contribution in [2.24, 2.45) is 0 Å². The number of benzene rings is 2. The molecule has 1 N–H and O–H groups in total. The van der Waals surface area contributed by atoms with Crippen molar-refractivity contribution in [2.45, 2.75) is 25.5 Å². The molecule has 1 saturated heterocycles. The molecule has 2 aromatic rings. The molecule has 1 heterocycles. The Bertz CT molecular complexity index is 527. The Morgan fingerprint density at radius 1 is 1.00 bits per heavy atom. The Balaban J connectivity index is 1.71. The van der Waals surface area contributed by atoms with E-state index in [0.29, 0.717) is 6.04 Å². The predicted octanol–water partition coefficient (Wildman–Crippen LogP) is 3.79. The number of nitrogens with one attached hydrogen (secondary N) is 1. The smallest absolute Gasteiger partial charge is 0.0950 e. The zero-order valence-electron chi connectivity index (χ0n) is 11.9. The van der Waals surface area contributed by atoms with Gasteiger partial charge >= 0.3 is 0 Å². The van der Waals surface area contributed by atoms with Crippen LogP contribution in [0.2, 0.25) is 0 Å². The van der Waals surface area contributed by atoms with Gasteiger partial charge in [0, 0.05) is 12.6 Å². The van der Waals surface area contributed by atoms with E-state index < -0.39 is 0 Å². The van der Waals surface area contributed by atoms with Crippen molar-refractivity contribution in [1.29, 1.82) is 0 Å². The maximum absolute atomic E-state index is 5.95. The van der Waals surface area contributed by atoms with Crippen molar-refractivity contribution < 1.29 is 4.74 Å². The summed E-state index contributed by atoms with van der Waals surface area (Å²) in [5.41, 5.74) is 3.77. The Morgan fingerprint density at radius 2 is 1.70 bits per heavy atom. The van der Waals surface area contributed by atoms with E-state index in [9.17, 15) is 0 Å². The molecule has 1 aliphatic rings. The molecular formula is C18H21NO. The first-order valence-electron chi connectivity index (χ1n) is 7.37. The molecule has 2 aromatic carbocycles. The van der Waals surface area contributed by atoms with Crippen LogP contribution >= 0.6 is 0 Å². The molecule has 0 radical (unpaired) electrons. The van der Waals surface area contributed by atoms with E-state index in [4.69, 9.17) is 4.74 Å². The zero-order valence-corrected chi connectivity index (χ0v) is 11.9. The first kappa shape index (κ1) is 13.3. The van der Waals surface area contributed by atoms with Crippen LogP contribution in [-0.4, -0.2) is 19.2 Å². The number of hydrogen-bond acceptors (Lipinski definition) is 2. The summed E-state index contributed by atoms with van der Waals surface area (Å²) in [4.78, 5) is 0. The van der Waals surface area contributed by atoms with Gasteiger partial charge in [-0.15, -0.1) is 0 Å². The summed E-state index contributed by atoms with van der Waals surface area (Å²) in [6, 6.07) is 19.7. The third-order valence-corrected chi connectivity index (χ3v) is 3.97. The average molecular weight is 267 g/mol. The summed E-state index contributed by atoms with van der Waals surface area (Å²) < 4.78 is 5.95. The van der Waals surface area contributed by atoms with E-state index in [2.05, 4.69) is 60.8 Å². The molecule has 1 fully saturated rings. The summed E-state index contributed by atoms with van der Waals surface area (Å²) in [7, 11) is 0. The van der Waals surface area contributed by atoms with Crippen LogP contribution < -0.4 is 5.32 Å². The molecule has 104 valence electrons. The van der Waals surface area contributed by atoms with Gasteiger partial charge in [-0.2, -0.15) is 0 Å². The highest BCUT2D eigenvalue weighted by atomic mass is 16.5. The van der Waals surface area contributed by atoms with E-state index in [1.165, 1.54) is 16.7 Å². The number of rotatable bonds is 3. The SMILES string of the molecule is CCC1COC(c2ccc(-c3ccccc3)cc2)CN1. The number of hydrogen-bond donors (Lipinski definition) is 1. The normalized spacial score (nSPS) is 22.6. The third-order valence-electron chi connectivity index (χ3n) is 3.97. The minimum atomic E-state index is 0.183. The van der Waals surface area contributed by atoms with Crippen LogP contribution in [-0.2, 0) is 4.74 Å². The van der Waals surface area contributed by atoms with Gasteiger partial charge in [-0.25, -0.2) is 0 Å². The van der Waals surface area contributed by atoms with Crippen molar-refractivity contribution in [3.05, 3.63) is 60.2 Å². The Kier molecular flexibility index (Phi) is 4.14. The minimum Gasteiger partial charge on any atom is -0.371 e. The monoisotopic (exact) mass is 267 g/mol. The summed E-state index contributed by atoms with van der Waals surface area (Å²) >= 11 is 0. The zero-order chi connectivity index (χ0) is 13.8. The van der Waals surface area contributed by atoms with Gasteiger partial charge < -0.3 is 10.1 Å². The fourth-order valence-electron chi connectivity index (χ4n) is 2.62. The van der Waals surface area contributed by atoms with Crippen molar-refractivity contribution in [2.75, 3.05) is 13.2 Å². The molecule has 0 aromatic heterocycles. The molecule has 0 amide bonds. The van der Waals surface area contributed by atoms with Crippen LogP contribution in [0.25, 0.3) is 11.1 Å². The van der Waals surface area contributed by atoms with Gasteiger partial charge in [-0.1, -0.05) is 61.5 Å². The van der Waals surface area contributed by atoms with Gasteiger partial charge in [0.05, 0.1) is 12.7 Å². The van der Waals surface area contributed by atoms with E-state index in [0.717, 1.165) is 19.6 Å². The molecule has 3 rings (SSSR count). The van der Waals surface area contributed by atoms with Crippen molar-refractivity contribution in [3.63, 3.8) is 0 Å². The lowest BCUT2D eigenvalue weighted by atomic mass is 10.0. The highest BCUT2D eigenvalue weighted by molar-refractivity contribution is 5.63. The van der Waals surface area contributed by atoms with Gasteiger partial charge in [-0.05, 0) is 23.1 Å². The van der Waals surface area contributed by atoms with Crippen molar-refractivity contribution >= 4 is 0 Å². The Hall–Kier alpha value is -1.64. The molecule has 1 aliphatic heterocycles. The Morgan fingerprint density at radius 3 is 2.30 bits per heavy atom. The standard InChI is InChI=1S/C18H21NO/c1-2-17-13-20-18(12-19-17)16-10-8-15(9-11-16)14-6-4-3-5-7-14/h3-11,17-19H,2,12-13H2,1H3. The lowest BCUT2D eigenvalue weighted by Crippen LogP contribution is -2.42. The van der Waals surface area contributed by atoms with E-state index in [-0.39, 0.29) is 6.10 Å². The molecular weight excluding hydrogens is 246 g/mol. The molecule has 2 atom stereocenters. The Labute approximate surface area is 120 Å². The third kappa shape index (κ3) is 2.92. The largest absolute Gasteiger partial charge is 0.371 e. The predicted molar refractivity (Wildman–Crippen MR) is 82.7 cm³/mol. The number of ether oxygens (including phenoxy) is 1. The molecule has 2 unspecified atom stereocenters. The lowest BCUT2D eigenvalue weighted by molar-refractivity contribution is 0.00224. The maximum Gasteiger partial charge on any atom is 0.0950 e. The molecule has 0 aliphatic carbocycles. The lowest BCUT2D eigenvalue weighted by Gasteiger charge is -2.30. The molecule has 0 saturated carbocycles. The maximum atomic E-state index is 5.95. The fourth-order valence-corrected chi connectivity index (χ4v) is 2.62. The second kappa shape index (κ2) is 6.21. The van der Waals surface area contributed by atoms with Crippen LogP contribution in [0.15, 0.2) is 54.6 Å². The van der Waals surface area contributed by atoms with Gasteiger partial charge in [0.25, 0.3) is 0 Å². The average Bonchev–Trinajstić information content (AvgIpc) is 2.56. The molecule has 2 heteroatoms. The van der Waals surface area contributed by atoms with Crippen LogP contribution in [0.1, 0.15) is 25.0 Å². The quantitative estimate of drug-likeness (QED) is 0.913. The summed E-state index contributed by atoms with van der Waals surface area (Å²) in [6.45, 7) is 3.90. The van der Waals surface area contributed by atoms with E-state index >= 15 is 0 Å². The highest BCUT2D eigenvalue weighted by Gasteiger charge is 2.20. The van der Waals surface area contributed by atoms with Crippen LogP contribution in [0.3, 0.4) is 0 Å². The molecule has 20 heavy (non-hydrogen) atoms. The fraction of sp³-hybridized carbons (Fsp3) is 0.333.